The van der Waals surface area contributed by atoms with Gasteiger partial charge >= 0.3 is 0 Å². The molecule has 0 fully saturated rings. The number of hydrogen-bond acceptors (Lipinski definition) is 4. The molecule has 0 saturated heterocycles. The molecule has 20 heavy (non-hydrogen) atoms. The average Bonchev–Trinajstić information content (AvgIpc) is 2.38. The molecule has 0 heterocycles. The number of halogens is 1. The van der Waals surface area contributed by atoms with Crippen LogP contribution in [0.1, 0.15) is 13.8 Å². The van der Waals surface area contributed by atoms with Crippen LogP contribution in [0.2, 0.25) is 0 Å². The fourth-order valence-electron chi connectivity index (χ4n) is 1.73. The summed E-state index contributed by atoms with van der Waals surface area (Å²) in [5, 5.41) is 0. The minimum atomic E-state index is -3.59. The summed E-state index contributed by atoms with van der Waals surface area (Å²) in [6.45, 7) is 4.61. The molecule has 0 amide bonds. The molecule has 0 aromatic heterocycles. The zero-order chi connectivity index (χ0) is 15.6. The lowest BCUT2D eigenvalue weighted by molar-refractivity contribution is 0.291. The lowest BCUT2D eigenvalue weighted by Gasteiger charge is -2.28. The van der Waals surface area contributed by atoms with Crippen LogP contribution in [-0.2, 0) is 10.0 Å². The van der Waals surface area contributed by atoms with E-state index in [0.29, 0.717) is 23.3 Å². The largest absolute Gasteiger partial charge is 0.497 e. The number of hydrogen-bond donors (Lipinski definition) is 1. The summed E-state index contributed by atoms with van der Waals surface area (Å²) < 4.78 is 32.1. The lowest BCUT2D eigenvalue weighted by Crippen LogP contribution is -2.39. The van der Waals surface area contributed by atoms with Crippen LogP contribution in [0, 0.1) is 5.41 Å². The van der Waals surface area contributed by atoms with E-state index in [2.05, 4.69) is 15.9 Å². The maximum absolute atomic E-state index is 12.6. The topological polar surface area (TPSA) is 72.6 Å². The molecule has 5 nitrogen and oxygen atoms in total. The summed E-state index contributed by atoms with van der Waals surface area (Å²) in [5.41, 5.74) is 5.38. The predicted molar refractivity (Wildman–Crippen MR) is 83.3 cm³/mol. The van der Waals surface area contributed by atoms with E-state index in [9.17, 15) is 8.42 Å². The van der Waals surface area contributed by atoms with Gasteiger partial charge in [0.25, 0.3) is 0 Å². The number of nitrogens with two attached hydrogens (primary N) is 1. The van der Waals surface area contributed by atoms with E-state index in [0.717, 1.165) is 0 Å². The molecule has 2 N–H and O–H groups in total. The summed E-state index contributed by atoms with van der Waals surface area (Å²) in [7, 11) is -0.540. The normalized spacial score (nSPS) is 12.8. The molecule has 7 heteroatoms. The molecule has 0 spiro atoms. The molecule has 0 aliphatic heterocycles. The van der Waals surface area contributed by atoms with Crippen LogP contribution in [-0.4, -0.2) is 40.0 Å². The molecule has 0 aliphatic rings. The highest BCUT2D eigenvalue weighted by molar-refractivity contribution is 9.10. The second-order valence-electron chi connectivity index (χ2n) is 5.43. The highest BCUT2D eigenvalue weighted by atomic mass is 79.9. The zero-order valence-electron chi connectivity index (χ0n) is 12.2. The highest BCUT2D eigenvalue weighted by Crippen LogP contribution is 2.29. The van der Waals surface area contributed by atoms with E-state index in [1.54, 1.807) is 19.2 Å². The van der Waals surface area contributed by atoms with E-state index in [-0.39, 0.29) is 10.3 Å². The van der Waals surface area contributed by atoms with E-state index in [4.69, 9.17) is 10.5 Å². The van der Waals surface area contributed by atoms with Crippen LogP contribution in [0.25, 0.3) is 0 Å². The molecule has 1 aromatic carbocycles. The third-order valence-electron chi connectivity index (χ3n) is 3.03. The highest BCUT2D eigenvalue weighted by Gasteiger charge is 2.28. The Morgan fingerprint density at radius 2 is 2.00 bits per heavy atom. The van der Waals surface area contributed by atoms with Crippen molar-refractivity contribution in [1.82, 2.24) is 4.31 Å². The molecule has 0 saturated carbocycles. The Labute approximate surface area is 129 Å². The summed E-state index contributed by atoms with van der Waals surface area (Å²) in [6, 6.07) is 4.87. The number of ether oxygens (including phenoxy) is 1. The Hall–Kier alpha value is -0.630. The van der Waals surface area contributed by atoms with Crippen molar-refractivity contribution in [2.45, 2.75) is 18.7 Å². The van der Waals surface area contributed by atoms with Gasteiger partial charge in [0.05, 0.1) is 7.11 Å². The van der Waals surface area contributed by atoms with Crippen molar-refractivity contribution >= 4 is 26.0 Å². The molecule has 0 atom stereocenters. The van der Waals surface area contributed by atoms with Crippen molar-refractivity contribution in [3.63, 3.8) is 0 Å². The minimum Gasteiger partial charge on any atom is -0.497 e. The summed E-state index contributed by atoms with van der Waals surface area (Å²) in [5.74, 6) is 0.498. The average molecular weight is 365 g/mol. The molecule has 1 aromatic rings. The Kier molecular flexibility index (Phi) is 5.60. The Bertz CT molecular complexity index is 573. The van der Waals surface area contributed by atoms with Crippen molar-refractivity contribution in [1.29, 1.82) is 0 Å². The van der Waals surface area contributed by atoms with Crippen LogP contribution >= 0.6 is 15.9 Å². The second kappa shape index (κ2) is 6.43. The number of rotatable bonds is 6. The first-order valence-corrected chi connectivity index (χ1v) is 8.37. The fraction of sp³-hybridized carbons (Fsp3) is 0.538. The van der Waals surface area contributed by atoms with Crippen LogP contribution < -0.4 is 10.5 Å². The number of methoxy groups -OCH3 is 1. The summed E-state index contributed by atoms with van der Waals surface area (Å²) >= 11 is 3.27. The monoisotopic (exact) mass is 364 g/mol. The fourth-order valence-corrected chi connectivity index (χ4v) is 4.02. The SMILES string of the molecule is COc1ccc(Br)c(S(=O)(=O)N(C)CC(C)(C)CN)c1. The first kappa shape index (κ1) is 17.4. The van der Waals surface area contributed by atoms with Gasteiger partial charge in [-0.05, 0) is 40.0 Å². The number of benzene rings is 1. The molecule has 0 aliphatic carbocycles. The Morgan fingerprint density at radius 1 is 1.40 bits per heavy atom. The van der Waals surface area contributed by atoms with Crippen LogP contribution in [0.4, 0.5) is 0 Å². The van der Waals surface area contributed by atoms with Gasteiger partial charge in [0.1, 0.15) is 10.6 Å². The van der Waals surface area contributed by atoms with Gasteiger partial charge in [0.15, 0.2) is 0 Å². The minimum absolute atomic E-state index is 0.187. The van der Waals surface area contributed by atoms with Gasteiger partial charge in [-0.2, -0.15) is 0 Å². The quantitative estimate of drug-likeness (QED) is 0.838. The van der Waals surface area contributed by atoms with Crippen molar-refractivity contribution in [3.8, 4) is 5.75 Å². The predicted octanol–water partition coefficient (Wildman–Crippen LogP) is 2.06. The Balaban J connectivity index is 3.16. The Morgan fingerprint density at radius 3 is 2.50 bits per heavy atom. The first-order chi connectivity index (χ1) is 9.14. The van der Waals surface area contributed by atoms with E-state index >= 15 is 0 Å². The third-order valence-corrected chi connectivity index (χ3v) is 5.83. The maximum Gasteiger partial charge on any atom is 0.244 e. The third kappa shape index (κ3) is 3.94. The van der Waals surface area contributed by atoms with Gasteiger partial charge < -0.3 is 10.5 Å². The molecule has 0 bridgehead atoms. The van der Waals surface area contributed by atoms with Crippen molar-refractivity contribution in [3.05, 3.63) is 22.7 Å². The van der Waals surface area contributed by atoms with Gasteiger partial charge in [0, 0.05) is 24.1 Å². The smallest absolute Gasteiger partial charge is 0.244 e. The number of nitrogens with zero attached hydrogens (tertiary/aromatic N) is 1. The van der Waals surface area contributed by atoms with E-state index in [1.807, 2.05) is 13.8 Å². The van der Waals surface area contributed by atoms with Gasteiger partial charge in [-0.1, -0.05) is 13.8 Å². The van der Waals surface area contributed by atoms with Crippen molar-refractivity contribution < 1.29 is 13.2 Å². The molecular weight excluding hydrogens is 344 g/mol. The van der Waals surface area contributed by atoms with E-state index in [1.165, 1.54) is 17.5 Å². The van der Waals surface area contributed by atoms with Gasteiger partial charge in [-0.15, -0.1) is 0 Å². The maximum atomic E-state index is 12.6. The van der Waals surface area contributed by atoms with Crippen LogP contribution in [0.3, 0.4) is 0 Å². The second-order valence-corrected chi connectivity index (χ2v) is 8.29. The van der Waals surface area contributed by atoms with Gasteiger partial charge in [-0.3, -0.25) is 0 Å². The first-order valence-electron chi connectivity index (χ1n) is 6.14. The lowest BCUT2D eigenvalue weighted by atomic mass is 9.94. The summed E-state index contributed by atoms with van der Waals surface area (Å²) in [4.78, 5) is 0.187. The van der Waals surface area contributed by atoms with Crippen molar-refractivity contribution in [2.75, 3.05) is 27.2 Å². The molecular formula is C13H21BrN2O3S. The molecule has 1 rings (SSSR count). The molecule has 0 unspecified atom stereocenters. The number of sulfonamides is 1. The standard InChI is InChI=1S/C13H21BrN2O3S/c1-13(2,8-15)9-16(3)20(17,18)12-7-10(19-4)5-6-11(12)14/h5-7H,8-9,15H2,1-4H3. The molecule has 114 valence electrons. The van der Waals surface area contributed by atoms with Crippen molar-refractivity contribution in [2.24, 2.45) is 11.1 Å². The molecule has 0 radical (unpaired) electrons. The van der Waals surface area contributed by atoms with Gasteiger partial charge in [0.2, 0.25) is 10.0 Å². The summed E-state index contributed by atoms with van der Waals surface area (Å²) in [6.07, 6.45) is 0. The van der Waals surface area contributed by atoms with E-state index < -0.39 is 10.0 Å². The zero-order valence-corrected chi connectivity index (χ0v) is 14.6. The van der Waals surface area contributed by atoms with Crippen LogP contribution in [0.15, 0.2) is 27.6 Å². The van der Waals surface area contributed by atoms with Gasteiger partial charge in [-0.25, -0.2) is 12.7 Å². The van der Waals surface area contributed by atoms with Crippen LogP contribution in [0.5, 0.6) is 5.75 Å².